The van der Waals surface area contributed by atoms with Crippen molar-refractivity contribution in [2.24, 2.45) is 0 Å². The maximum Gasteiger partial charge on any atom is 0.243 e. The molecule has 1 aromatic heterocycles. The molecular formula is C20H29N3O3S. The second-order valence-corrected chi connectivity index (χ2v) is 9.44. The summed E-state index contributed by atoms with van der Waals surface area (Å²) in [7, 11) is -3.50. The first-order valence-electron chi connectivity index (χ1n) is 9.34. The van der Waals surface area contributed by atoms with Crippen LogP contribution >= 0.6 is 0 Å². The summed E-state index contributed by atoms with van der Waals surface area (Å²) in [6, 6.07) is 1.92. The average Bonchev–Trinajstić information content (AvgIpc) is 3.03. The molecule has 0 amide bonds. The van der Waals surface area contributed by atoms with Crippen LogP contribution in [0.1, 0.15) is 39.3 Å². The third-order valence-electron chi connectivity index (χ3n) is 5.92. The Kier molecular flexibility index (Phi) is 5.47. The molecule has 3 rings (SSSR count). The van der Waals surface area contributed by atoms with Gasteiger partial charge in [0.1, 0.15) is 5.76 Å². The molecule has 0 saturated carbocycles. The standard InChI is InChI=1S/C20H29N3O3S/c1-13-11-19(21-26-13)12-22-7-9-23(10-8-22)27(24,25)20-17(5)15(3)14(2)16(4)18(20)6/h11H,7-10,12H2,1-6H3. The minimum Gasteiger partial charge on any atom is -0.361 e. The number of hydrogen-bond donors (Lipinski definition) is 0. The van der Waals surface area contributed by atoms with Crippen LogP contribution in [-0.4, -0.2) is 49.0 Å². The molecule has 1 aliphatic rings. The lowest BCUT2D eigenvalue weighted by molar-refractivity contribution is 0.177. The van der Waals surface area contributed by atoms with E-state index in [1.807, 2.05) is 40.7 Å². The monoisotopic (exact) mass is 391 g/mol. The number of benzene rings is 1. The summed E-state index contributed by atoms with van der Waals surface area (Å²) in [4.78, 5) is 2.71. The molecule has 148 valence electrons. The number of aryl methyl sites for hydroxylation is 1. The van der Waals surface area contributed by atoms with Crippen molar-refractivity contribution in [3.8, 4) is 0 Å². The molecule has 27 heavy (non-hydrogen) atoms. The molecule has 1 aromatic carbocycles. The Morgan fingerprint density at radius 1 is 0.889 bits per heavy atom. The van der Waals surface area contributed by atoms with Gasteiger partial charge in [-0.1, -0.05) is 5.16 Å². The first kappa shape index (κ1) is 20.0. The normalized spacial score (nSPS) is 16.8. The van der Waals surface area contributed by atoms with Crippen molar-refractivity contribution in [2.75, 3.05) is 26.2 Å². The summed E-state index contributed by atoms with van der Waals surface area (Å²) in [5, 5.41) is 4.03. The van der Waals surface area contributed by atoms with Gasteiger partial charge in [0.15, 0.2) is 0 Å². The smallest absolute Gasteiger partial charge is 0.243 e. The zero-order valence-corrected chi connectivity index (χ0v) is 17.9. The van der Waals surface area contributed by atoms with Crippen molar-refractivity contribution >= 4 is 10.0 Å². The van der Waals surface area contributed by atoms with Crippen LogP contribution in [0.15, 0.2) is 15.5 Å². The fourth-order valence-corrected chi connectivity index (χ4v) is 5.81. The molecule has 0 N–H and O–H groups in total. The minimum absolute atomic E-state index is 0.490. The van der Waals surface area contributed by atoms with Gasteiger partial charge in [-0.15, -0.1) is 0 Å². The topological polar surface area (TPSA) is 66.7 Å². The van der Waals surface area contributed by atoms with Crippen LogP contribution in [0, 0.1) is 41.5 Å². The first-order chi connectivity index (χ1) is 12.6. The lowest BCUT2D eigenvalue weighted by atomic mass is 9.95. The van der Waals surface area contributed by atoms with Gasteiger partial charge >= 0.3 is 0 Å². The predicted molar refractivity (Wildman–Crippen MR) is 105 cm³/mol. The SMILES string of the molecule is Cc1cc(CN2CCN(S(=O)(=O)c3c(C)c(C)c(C)c(C)c3C)CC2)no1. The predicted octanol–water partition coefficient (Wildman–Crippen LogP) is 3.03. The molecule has 0 bridgehead atoms. The zero-order chi connectivity index (χ0) is 19.9. The average molecular weight is 392 g/mol. The number of rotatable bonds is 4. The lowest BCUT2D eigenvalue weighted by Crippen LogP contribution is -2.48. The molecule has 0 spiro atoms. The maximum atomic E-state index is 13.4. The Morgan fingerprint density at radius 2 is 1.41 bits per heavy atom. The van der Waals surface area contributed by atoms with E-state index in [9.17, 15) is 8.42 Å². The summed E-state index contributed by atoms with van der Waals surface area (Å²) in [6.45, 7) is 14.8. The van der Waals surface area contributed by atoms with Crippen LogP contribution in [0.3, 0.4) is 0 Å². The van der Waals surface area contributed by atoms with Crippen LogP contribution in [0.2, 0.25) is 0 Å². The minimum atomic E-state index is -3.50. The fraction of sp³-hybridized carbons (Fsp3) is 0.550. The number of piperazine rings is 1. The molecular weight excluding hydrogens is 362 g/mol. The molecule has 2 heterocycles. The number of sulfonamides is 1. The van der Waals surface area contributed by atoms with Crippen molar-refractivity contribution < 1.29 is 12.9 Å². The second-order valence-electron chi connectivity index (χ2n) is 7.56. The summed E-state index contributed by atoms with van der Waals surface area (Å²) in [5.74, 6) is 0.794. The van der Waals surface area contributed by atoms with Crippen LogP contribution in [0.25, 0.3) is 0 Å². The number of nitrogens with zero attached hydrogens (tertiary/aromatic N) is 3. The summed E-state index contributed by atoms with van der Waals surface area (Å²) >= 11 is 0. The highest BCUT2D eigenvalue weighted by Crippen LogP contribution is 2.32. The molecule has 0 radical (unpaired) electrons. The molecule has 1 saturated heterocycles. The Balaban J connectivity index is 1.80. The van der Waals surface area contributed by atoms with E-state index in [0.717, 1.165) is 33.7 Å². The largest absolute Gasteiger partial charge is 0.361 e. The Hall–Kier alpha value is -1.70. The van der Waals surface area contributed by atoms with Gasteiger partial charge < -0.3 is 4.52 Å². The molecule has 6 nitrogen and oxygen atoms in total. The van der Waals surface area contributed by atoms with Crippen LogP contribution in [0.5, 0.6) is 0 Å². The van der Waals surface area contributed by atoms with E-state index in [-0.39, 0.29) is 0 Å². The molecule has 1 aliphatic heterocycles. The third kappa shape index (κ3) is 3.68. The van der Waals surface area contributed by atoms with Gasteiger partial charge in [0.05, 0.1) is 10.6 Å². The van der Waals surface area contributed by atoms with Gasteiger partial charge in [-0.2, -0.15) is 4.31 Å². The lowest BCUT2D eigenvalue weighted by Gasteiger charge is -2.34. The van der Waals surface area contributed by atoms with Crippen LogP contribution < -0.4 is 0 Å². The van der Waals surface area contributed by atoms with E-state index in [0.29, 0.717) is 37.6 Å². The molecule has 7 heteroatoms. The highest BCUT2D eigenvalue weighted by Gasteiger charge is 2.32. The van der Waals surface area contributed by atoms with E-state index in [1.54, 1.807) is 4.31 Å². The maximum absolute atomic E-state index is 13.4. The fourth-order valence-electron chi connectivity index (χ4n) is 3.83. The van der Waals surface area contributed by atoms with Crippen molar-refractivity contribution in [3.63, 3.8) is 0 Å². The molecule has 2 aromatic rings. The quantitative estimate of drug-likeness (QED) is 0.801. The van der Waals surface area contributed by atoms with Crippen molar-refractivity contribution in [3.05, 3.63) is 45.3 Å². The van der Waals surface area contributed by atoms with Gasteiger partial charge in [0, 0.05) is 38.8 Å². The van der Waals surface area contributed by atoms with Gasteiger partial charge in [-0.3, -0.25) is 4.90 Å². The molecule has 0 atom stereocenters. The van der Waals surface area contributed by atoms with Crippen LogP contribution in [-0.2, 0) is 16.6 Å². The van der Waals surface area contributed by atoms with Crippen molar-refractivity contribution in [2.45, 2.75) is 53.0 Å². The molecule has 1 fully saturated rings. The number of hydrogen-bond acceptors (Lipinski definition) is 5. The summed E-state index contributed by atoms with van der Waals surface area (Å²) < 4.78 is 33.5. The molecule has 0 aliphatic carbocycles. The Bertz CT molecular complexity index is 926. The summed E-state index contributed by atoms with van der Waals surface area (Å²) in [6.07, 6.45) is 0. The zero-order valence-electron chi connectivity index (χ0n) is 17.1. The van der Waals surface area contributed by atoms with E-state index in [4.69, 9.17) is 4.52 Å². The second kappa shape index (κ2) is 7.37. The number of aromatic nitrogens is 1. The van der Waals surface area contributed by atoms with E-state index in [1.165, 1.54) is 5.56 Å². The van der Waals surface area contributed by atoms with Gasteiger partial charge in [-0.05, 0) is 69.4 Å². The van der Waals surface area contributed by atoms with Crippen LogP contribution in [0.4, 0.5) is 0 Å². The van der Waals surface area contributed by atoms with E-state index >= 15 is 0 Å². The Labute approximate surface area is 162 Å². The molecule has 0 unspecified atom stereocenters. The Morgan fingerprint density at radius 3 is 1.89 bits per heavy atom. The van der Waals surface area contributed by atoms with Gasteiger partial charge in [0.2, 0.25) is 10.0 Å². The summed E-state index contributed by atoms with van der Waals surface area (Å²) in [5.41, 5.74) is 5.94. The highest BCUT2D eigenvalue weighted by atomic mass is 32.2. The van der Waals surface area contributed by atoms with Crippen molar-refractivity contribution in [1.29, 1.82) is 0 Å². The van der Waals surface area contributed by atoms with E-state index in [2.05, 4.69) is 17.0 Å². The van der Waals surface area contributed by atoms with Crippen molar-refractivity contribution in [1.82, 2.24) is 14.4 Å². The van der Waals surface area contributed by atoms with Gasteiger partial charge in [0.25, 0.3) is 0 Å². The third-order valence-corrected chi connectivity index (χ3v) is 8.10. The highest BCUT2D eigenvalue weighted by molar-refractivity contribution is 7.89. The van der Waals surface area contributed by atoms with E-state index < -0.39 is 10.0 Å². The first-order valence-corrected chi connectivity index (χ1v) is 10.8. The van der Waals surface area contributed by atoms with Gasteiger partial charge in [-0.25, -0.2) is 8.42 Å².